The van der Waals surface area contributed by atoms with Crippen molar-refractivity contribution in [2.24, 2.45) is 17.6 Å². The summed E-state index contributed by atoms with van der Waals surface area (Å²) < 4.78 is 9.77. The summed E-state index contributed by atoms with van der Waals surface area (Å²) in [4.78, 5) is 34.5. The average Bonchev–Trinajstić information content (AvgIpc) is 2.61. The second kappa shape index (κ2) is 8.44. The summed E-state index contributed by atoms with van der Waals surface area (Å²) in [6, 6.07) is 7.52. The number of aliphatic carboxylic acids is 1. The molecule has 1 aliphatic carbocycles. The highest BCUT2D eigenvalue weighted by molar-refractivity contribution is 5.89. The molecular formula is C17H21NO6. The van der Waals surface area contributed by atoms with Crippen LogP contribution in [0.1, 0.15) is 36.0 Å². The van der Waals surface area contributed by atoms with Crippen LogP contribution in [0.3, 0.4) is 0 Å². The highest BCUT2D eigenvalue weighted by Gasteiger charge is 2.32. The van der Waals surface area contributed by atoms with Crippen molar-refractivity contribution >= 4 is 17.9 Å². The highest BCUT2D eigenvalue weighted by Crippen LogP contribution is 2.30. The van der Waals surface area contributed by atoms with E-state index in [1.54, 1.807) is 30.3 Å². The zero-order valence-electron chi connectivity index (χ0n) is 13.2. The molecule has 0 saturated heterocycles. The normalized spacial score (nSPS) is 21.5. The van der Waals surface area contributed by atoms with Gasteiger partial charge in [-0.3, -0.25) is 9.59 Å². The standard InChI is InChI=1S/C17H21NO6/c18-14(11-6-8-12(9-7-11)15(19)20)17(22)24-10-23-16(21)13-4-2-1-3-5-13/h1-5,11-12,14H,6-10,18H2,(H,19,20)/t11-,12-,14?. The van der Waals surface area contributed by atoms with E-state index in [1.165, 1.54) is 0 Å². The van der Waals surface area contributed by atoms with E-state index in [1.807, 2.05) is 0 Å². The molecule has 2 rings (SSSR count). The van der Waals surface area contributed by atoms with Crippen LogP contribution in [-0.2, 0) is 19.1 Å². The van der Waals surface area contributed by atoms with Crippen molar-refractivity contribution in [1.29, 1.82) is 0 Å². The van der Waals surface area contributed by atoms with Crippen molar-refractivity contribution in [2.45, 2.75) is 31.7 Å². The third-order valence-electron chi connectivity index (χ3n) is 4.30. The van der Waals surface area contributed by atoms with Gasteiger partial charge in [-0.05, 0) is 43.7 Å². The molecule has 1 unspecified atom stereocenters. The number of esters is 2. The van der Waals surface area contributed by atoms with E-state index >= 15 is 0 Å². The Hall–Kier alpha value is -2.41. The van der Waals surface area contributed by atoms with Crippen molar-refractivity contribution in [3.05, 3.63) is 35.9 Å². The summed E-state index contributed by atoms with van der Waals surface area (Å²) in [7, 11) is 0. The Kier molecular flexibility index (Phi) is 6.31. The van der Waals surface area contributed by atoms with Crippen LogP contribution < -0.4 is 5.73 Å². The van der Waals surface area contributed by atoms with Crippen molar-refractivity contribution < 1.29 is 29.0 Å². The monoisotopic (exact) mass is 335 g/mol. The SMILES string of the molecule is NC(C(=O)OCOC(=O)c1ccccc1)[C@H]1CC[C@H](C(=O)O)CC1. The number of carbonyl (C=O) groups excluding carboxylic acids is 2. The molecule has 7 nitrogen and oxygen atoms in total. The topological polar surface area (TPSA) is 116 Å². The van der Waals surface area contributed by atoms with E-state index in [2.05, 4.69) is 0 Å². The van der Waals surface area contributed by atoms with Crippen LogP contribution in [0.25, 0.3) is 0 Å². The Morgan fingerprint density at radius 2 is 1.71 bits per heavy atom. The maximum absolute atomic E-state index is 11.9. The van der Waals surface area contributed by atoms with E-state index in [-0.39, 0.29) is 11.8 Å². The van der Waals surface area contributed by atoms with Crippen LogP contribution in [0, 0.1) is 11.8 Å². The van der Waals surface area contributed by atoms with Gasteiger partial charge in [0.05, 0.1) is 11.5 Å². The van der Waals surface area contributed by atoms with Gasteiger partial charge >= 0.3 is 17.9 Å². The minimum atomic E-state index is -0.838. The molecule has 3 N–H and O–H groups in total. The molecule has 0 aliphatic heterocycles. The number of carboxylic acids is 1. The van der Waals surface area contributed by atoms with Gasteiger partial charge in [-0.15, -0.1) is 0 Å². The van der Waals surface area contributed by atoms with E-state index in [9.17, 15) is 14.4 Å². The molecule has 0 radical (unpaired) electrons. The second-order valence-corrected chi connectivity index (χ2v) is 5.85. The van der Waals surface area contributed by atoms with Crippen LogP contribution in [0.2, 0.25) is 0 Å². The largest absolute Gasteiger partial charge is 0.481 e. The predicted molar refractivity (Wildman–Crippen MR) is 83.9 cm³/mol. The van der Waals surface area contributed by atoms with Crippen molar-refractivity contribution in [2.75, 3.05) is 6.79 Å². The third-order valence-corrected chi connectivity index (χ3v) is 4.30. The van der Waals surface area contributed by atoms with Crippen molar-refractivity contribution in [1.82, 2.24) is 0 Å². The van der Waals surface area contributed by atoms with E-state index in [4.69, 9.17) is 20.3 Å². The lowest BCUT2D eigenvalue weighted by molar-refractivity contribution is -0.155. The Morgan fingerprint density at radius 3 is 2.29 bits per heavy atom. The number of rotatable bonds is 6. The van der Waals surface area contributed by atoms with Gasteiger partial charge in [-0.1, -0.05) is 18.2 Å². The Labute approximate surface area is 139 Å². The van der Waals surface area contributed by atoms with Crippen LogP contribution in [0.4, 0.5) is 0 Å². The van der Waals surface area contributed by atoms with E-state index in [0.717, 1.165) is 0 Å². The van der Waals surface area contributed by atoms with E-state index < -0.39 is 30.7 Å². The molecule has 7 heteroatoms. The second-order valence-electron chi connectivity index (χ2n) is 5.85. The van der Waals surface area contributed by atoms with Crippen molar-refractivity contribution in [3.63, 3.8) is 0 Å². The van der Waals surface area contributed by atoms with Gasteiger partial charge in [0.1, 0.15) is 6.04 Å². The summed E-state index contributed by atoms with van der Waals surface area (Å²) in [6.45, 7) is -0.495. The Balaban J connectivity index is 1.72. The number of hydrogen-bond acceptors (Lipinski definition) is 6. The molecule has 130 valence electrons. The van der Waals surface area contributed by atoms with Crippen LogP contribution in [-0.4, -0.2) is 35.8 Å². The average molecular weight is 335 g/mol. The first-order valence-corrected chi connectivity index (χ1v) is 7.86. The molecule has 0 aromatic heterocycles. The zero-order chi connectivity index (χ0) is 17.5. The predicted octanol–water partition coefficient (Wildman–Crippen LogP) is 1.56. The van der Waals surface area contributed by atoms with Crippen LogP contribution in [0.15, 0.2) is 30.3 Å². The zero-order valence-corrected chi connectivity index (χ0v) is 13.2. The van der Waals surface area contributed by atoms with Gasteiger partial charge in [0.2, 0.25) is 6.79 Å². The van der Waals surface area contributed by atoms with Crippen molar-refractivity contribution in [3.8, 4) is 0 Å². The highest BCUT2D eigenvalue weighted by atomic mass is 16.7. The molecule has 0 amide bonds. The molecule has 1 aromatic carbocycles. The molecule has 1 aliphatic rings. The van der Waals surface area contributed by atoms with E-state index in [0.29, 0.717) is 31.2 Å². The number of ether oxygens (including phenoxy) is 2. The molecule has 24 heavy (non-hydrogen) atoms. The molecule has 1 aromatic rings. The number of carbonyl (C=O) groups is 3. The molecule has 0 spiro atoms. The Bertz CT molecular complexity index is 580. The maximum atomic E-state index is 11.9. The molecular weight excluding hydrogens is 314 g/mol. The smallest absolute Gasteiger partial charge is 0.340 e. The first kappa shape index (κ1) is 17.9. The van der Waals surface area contributed by atoms with Gasteiger partial charge in [-0.2, -0.15) is 0 Å². The number of benzene rings is 1. The summed E-state index contributed by atoms with van der Waals surface area (Å²) in [5, 5.41) is 8.96. The van der Waals surface area contributed by atoms with Gasteiger partial charge < -0.3 is 20.3 Å². The van der Waals surface area contributed by atoms with Crippen LogP contribution >= 0.6 is 0 Å². The number of hydrogen-bond donors (Lipinski definition) is 2. The quantitative estimate of drug-likeness (QED) is 0.598. The maximum Gasteiger partial charge on any atom is 0.340 e. The molecule has 1 fully saturated rings. The van der Waals surface area contributed by atoms with Gasteiger partial charge in [-0.25, -0.2) is 4.79 Å². The molecule has 1 atom stereocenters. The van der Waals surface area contributed by atoms with Gasteiger partial charge in [0, 0.05) is 0 Å². The molecule has 1 saturated carbocycles. The lowest BCUT2D eigenvalue weighted by Gasteiger charge is -2.29. The summed E-state index contributed by atoms with van der Waals surface area (Å²) in [5.74, 6) is -2.51. The summed E-state index contributed by atoms with van der Waals surface area (Å²) in [5.41, 5.74) is 6.24. The third kappa shape index (κ3) is 4.79. The number of nitrogens with two attached hydrogens (primary N) is 1. The lowest BCUT2D eigenvalue weighted by Crippen LogP contribution is -2.42. The molecule has 0 bridgehead atoms. The Morgan fingerprint density at radius 1 is 1.08 bits per heavy atom. The summed E-state index contributed by atoms with van der Waals surface area (Å²) >= 11 is 0. The lowest BCUT2D eigenvalue weighted by atomic mass is 9.79. The van der Waals surface area contributed by atoms with Gasteiger partial charge in [0.15, 0.2) is 0 Å². The summed E-state index contributed by atoms with van der Waals surface area (Å²) in [6.07, 6.45) is 2.14. The van der Waals surface area contributed by atoms with Gasteiger partial charge in [0.25, 0.3) is 0 Å². The van der Waals surface area contributed by atoms with Crippen LogP contribution in [0.5, 0.6) is 0 Å². The molecule has 0 heterocycles. The number of carboxylic acid groups (broad SMARTS) is 1. The minimum Gasteiger partial charge on any atom is -0.481 e. The first-order chi connectivity index (χ1) is 11.5. The fraction of sp³-hybridized carbons (Fsp3) is 0.471. The minimum absolute atomic E-state index is 0.113. The first-order valence-electron chi connectivity index (χ1n) is 7.86. The fourth-order valence-electron chi connectivity index (χ4n) is 2.81. The fourth-order valence-corrected chi connectivity index (χ4v) is 2.81.